The SMILES string of the molecule is CNC(CS(C)(=O)=O)c1ccc(C)c(F)c1. The third kappa shape index (κ3) is 3.57. The van der Waals surface area contributed by atoms with Crippen molar-refractivity contribution in [1.29, 1.82) is 0 Å². The molecule has 1 aromatic carbocycles. The number of aryl methyl sites for hydroxylation is 1. The molecule has 1 aromatic rings. The van der Waals surface area contributed by atoms with Gasteiger partial charge in [0.25, 0.3) is 0 Å². The summed E-state index contributed by atoms with van der Waals surface area (Å²) in [5.41, 5.74) is 1.20. The minimum Gasteiger partial charge on any atom is -0.312 e. The average Bonchev–Trinajstić information content (AvgIpc) is 2.17. The maximum absolute atomic E-state index is 13.3. The number of hydrogen-bond donors (Lipinski definition) is 1. The molecule has 0 aliphatic heterocycles. The summed E-state index contributed by atoms with van der Waals surface area (Å²) in [6.07, 6.45) is 1.17. The van der Waals surface area contributed by atoms with Gasteiger partial charge in [-0.3, -0.25) is 0 Å². The Balaban J connectivity index is 3.00. The Hall–Kier alpha value is -0.940. The first-order chi connectivity index (χ1) is 7.33. The third-order valence-electron chi connectivity index (χ3n) is 2.42. The van der Waals surface area contributed by atoms with Gasteiger partial charge in [0.1, 0.15) is 15.7 Å². The van der Waals surface area contributed by atoms with Crippen molar-refractivity contribution in [3.05, 3.63) is 35.1 Å². The summed E-state index contributed by atoms with van der Waals surface area (Å²) in [6.45, 7) is 1.67. The highest BCUT2D eigenvalue weighted by Gasteiger charge is 2.16. The standard InChI is InChI=1S/C11H16FNO2S/c1-8-4-5-9(6-10(8)12)11(13-2)7-16(3,14)15/h4-6,11,13H,7H2,1-3H3. The van der Waals surface area contributed by atoms with Gasteiger partial charge in [-0.15, -0.1) is 0 Å². The fourth-order valence-electron chi connectivity index (χ4n) is 1.47. The van der Waals surface area contributed by atoms with Crippen LogP contribution in [-0.2, 0) is 9.84 Å². The van der Waals surface area contributed by atoms with Crippen molar-refractivity contribution in [1.82, 2.24) is 5.32 Å². The number of halogens is 1. The average molecular weight is 245 g/mol. The van der Waals surface area contributed by atoms with Crippen LogP contribution in [0.25, 0.3) is 0 Å². The summed E-state index contributed by atoms with van der Waals surface area (Å²) in [6, 6.07) is 4.40. The van der Waals surface area contributed by atoms with Crippen molar-refractivity contribution < 1.29 is 12.8 Å². The zero-order valence-corrected chi connectivity index (χ0v) is 10.4. The lowest BCUT2D eigenvalue weighted by atomic mass is 10.1. The molecule has 1 rings (SSSR count). The number of sulfone groups is 1. The van der Waals surface area contributed by atoms with Crippen molar-refractivity contribution in [2.75, 3.05) is 19.1 Å². The Labute approximate surface area is 95.6 Å². The molecule has 0 aliphatic rings. The van der Waals surface area contributed by atoms with Crippen LogP contribution in [0.15, 0.2) is 18.2 Å². The van der Waals surface area contributed by atoms with E-state index in [2.05, 4.69) is 5.32 Å². The second kappa shape index (κ2) is 4.93. The van der Waals surface area contributed by atoms with Crippen molar-refractivity contribution in [2.24, 2.45) is 0 Å². The molecule has 1 N–H and O–H groups in total. The predicted octanol–water partition coefficient (Wildman–Crippen LogP) is 1.44. The lowest BCUT2D eigenvalue weighted by Gasteiger charge is -2.16. The summed E-state index contributed by atoms with van der Waals surface area (Å²) in [5, 5.41) is 2.88. The number of nitrogens with one attached hydrogen (secondary N) is 1. The Morgan fingerprint density at radius 1 is 1.44 bits per heavy atom. The first-order valence-corrected chi connectivity index (χ1v) is 7.00. The van der Waals surface area contributed by atoms with Crippen LogP contribution in [0.4, 0.5) is 4.39 Å². The summed E-state index contributed by atoms with van der Waals surface area (Å²) >= 11 is 0. The van der Waals surface area contributed by atoms with Gasteiger partial charge in [0.2, 0.25) is 0 Å². The first kappa shape index (κ1) is 13.1. The maximum atomic E-state index is 13.3. The van der Waals surface area contributed by atoms with Crippen LogP contribution >= 0.6 is 0 Å². The van der Waals surface area contributed by atoms with Crippen molar-refractivity contribution >= 4 is 9.84 Å². The smallest absolute Gasteiger partial charge is 0.149 e. The van der Waals surface area contributed by atoms with Crippen LogP contribution in [0, 0.1) is 12.7 Å². The van der Waals surface area contributed by atoms with Gasteiger partial charge < -0.3 is 5.32 Å². The Kier molecular flexibility index (Phi) is 4.04. The van der Waals surface area contributed by atoms with E-state index in [1.165, 1.54) is 12.3 Å². The van der Waals surface area contributed by atoms with Gasteiger partial charge >= 0.3 is 0 Å². The third-order valence-corrected chi connectivity index (χ3v) is 3.35. The normalized spacial score (nSPS) is 13.8. The molecule has 0 radical (unpaired) electrons. The molecule has 1 atom stereocenters. The number of benzene rings is 1. The van der Waals surface area contributed by atoms with Gasteiger partial charge in [-0.2, -0.15) is 0 Å². The zero-order valence-electron chi connectivity index (χ0n) is 9.62. The van der Waals surface area contributed by atoms with E-state index in [4.69, 9.17) is 0 Å². The van der Waals surface area contributed by atoms with Crippen LogP contribution in [0.1, 0.15) is 17.2 Å². The largest absolute Gasteiger partial charge is 0.312 e. The molecule has 1 unspecified atom stereocenters. The molecule has 0 aromatic heterocycles. The van der Waals surface area contributed by atoms with E-state index in [-0.39, 0.29) is 17.6 Å². The van der Waals surface area contributed by atoms with Crippen LogP contribution in [0.2, 0.25) is 0 Å². The summed E-state index contributed by atoms with van der Waals surface area (Å²) < 4.78 is 35.7. The van der Waals surface area contributed by atoms with E-state index in [1.807, 2.05) is 0 Å². The first-order valence-electron chi connectivity index (χ1n) is 4.94. The highest BCUT2D eigenvalue weighted by molar-refractivity contribution is 7.90. The molecule has 0 saturated heterocycles. The zero-order chi connectivity index (χ0) is 12.3. The fraction of sp³-hybridized carbons (Fsp3) is 0.455. The minimum atomic E-state index is -3.09. The highest BCUT2D eigenvalue weighted by atomic mass is 32.2. The molecule has 0 aliphatic carbocycles. The van der Waals surface area contributed by atoms with E-state index in [9.17, 15) is 12.8 Å². The van der Waals surface area contributed by atoms with E-state index >= 15 is 0 Å². The molecule has 5 heteroatoms. The molecule has 90 valence electrons. The quantitative estimate of drug-likeness (QED) is 0.873. The maximum Gasteiger partial charge on any atom is 0.149 e. The topological polar surface area (TPSA) is 46.2 Å². The molecule has 16 heavy (non-hydrogen) atoms. The van der Waals surface area contributed by atoms with Gasteiger partial charge in [0, 0.05) is 12.3 Å². The summed E-state index contributed by atoms with van der Waals surface area (Å²) in [4.78, 5) is 0. The van der Waals surface area contributed by atoms with E-state index in [0.29, 0.717) is 11.1 Å². The van der Waals surface area contributed by atoms with Crippen LogP contribution in [-0.4, -0.2) is 27.5 Å². The number of rotatable bonds is 4. The second-order valence-electron chi connectivity index (χ2n) is 3.94. The highest BCUT2D eigenvalue weighted by Crippen LogP contribution is 2.17. The molecule has 3 nitrogen and oxygen atoms in total. The van der Waals surface area contributed by atoms with Crippen molar-refractivity contribution in [3.63, 3.8) is 0 Å². The molecule has 0 spiro atoms. The van der Waals surface area contributed by atoms with Crippen LogP contribution in [0.5, 0.6) is 0 Å². The Morgan fingerprint density at radius 2 is 2.06 bits per heavy atom. The monoisotopic (exact) mass is 245 g/mol. The van der Waals surface area contributed by atoms with E-state index < -0.39 is 9.84 Å². The van der Waals surface area contributed by atoms with Gasteiger partial charge in [0.15, 0.2) is 0 Å². The lowest BCUT2D eigenvalue weighted by molar-refractivity contribution is 0.573. The van der Waals surface area contributed by atoms with Gasteiger partial charge in [-0.25, -0.2) is 12.8 Å². The predicted molar refractivity (Wildman–Crippen MR) is 62.6 cm³/mol. The number of hydrogen-bond acceptors (Lipinski definition) is 3. The van der Waals surface area contributed by atoms with Crippen LogP contribution in [0.3, 0.4) is 0 Å². The van der Waals surface area contributed by atoms with Crippen molar-refractivity contribution in [2.45, 2.75) is 13.0 Å². The summed E-state index contributed by atoms with van der Waals surface area (Å²) in [7, 11) is -1.43. The molecular formula is C11H16FNO2S. The lowest BCUT2D eigenvalue weighted by Crippen LogP contribution is -2.24. The van der Waals surface area contributed by atoms with Gasteiger partial charge in [-0.1, -0.05) is 12.1 Å². The van der Waals surface area contributed by atoms with Crippen LogP contribution < -0.4 is 5.32 Å². The molecule has 0 saturated carbocycles. The second-order valence-corrected chi connectivity index (χ2v) is 6.13. The molecule has 0 heterocycles. The van der Waals surface area contributed by atoms with E-state index in [1.54, 1.807) is 26.1 Å². The van der Waals surface area contributed by atoms with E-state index in [0.717, 1.165) is 0 Å². The minimum absolute atomic E-state index is 0.0357. The summed E-state index contributed by atoms with van der Waals surface area (Å²) in [5.74, 6) is -0.349. The van der Waals surface area contributed by atoms with Crippen molar-refractivity contribution in [3.8, 4) is 0 Å². The molecule has 0 amide bonds. The molecular weight excluding hydrogens is 229 g/mol. The van der Waals surface area contributed by atoms with Gasteiger partial charge in [-0.05, 0) is 31.2 Å². The Bertz CT molecular complexity index is 471. The molecule has 0 fully saturated rings. The molecule has 0 bridgehead atoms. The van der Waals surface area contributed by atoms with Gasteiger partial charge in [0.05, 0.1) is 5.75 Å². The Morgan fingerprint density at radius 3 is 2.50 bits per heavy atom. The fourth-order valence-corrected chi connectivity index (χ4v) is 2.44.